The average Bonchev–Trinajstić information content (AvgIpc) is 2.54. The van der Waals surface area contributed by atoms with Gasteiger partial charge in [-0.1, -0.05) is 0 Å². The first kappa shape index (κ1) is 15.9. The lowest BCUT2D eigenvalue weighted by Crippen LogP contribution is -2.14. The number of ether oxygens (including phenoxy) is 1. The minimum Gasteiger partial charge on any atom is -0.494 e. The van der Waals surface area contributed by atoms with Crippen molar-refractivity contribution < 1.29 is 19.0 Å². The van der Waals surface area contributed by atoms with Crippen LogP contribution in [0.25, 0.3) is 0 Å². The standard InChI is InChI=1S/C16H17FN2O3/c17-13-3-5-14(6-4-13)22-9-1-2-16(21)19-15-10-18-8-7-12(15)11-20/h3-8,10,20H,1-2,9,11H2,(H,19,21). The molecular formula is C16H17FN2O3. The summed E-state index contributed by atoms with van der Waals surface area (Å²) in [5, 5.41) is 11.9. The van der Waals surface area contributed by atoms with E-state index < -0.39 is 0 Å². The molecule has 0 saturated heterocycles. The zero-order valence-electron chi connectivity index (χ0n) is 12.0. The van der Waals surface area contributed by atoms with E-state index in [0.717, 1.165) is 0 Å². The first-order valence-corrected chi connectivity index (χ1v) is 6.91. The summed E-state index contributed by atoms with van der Waals surface area (Å²) in [6.45, 7) is 0.199. The molecule has 1 aromatic heterocycles. The van der Waals surface area contributed by atoms with E-state index in [-0.39, 0.29) is 24.8 Å². The largest absolute Gasteiger partial charge is 0.494 e. The van der Waals surface area contributed by atoms with Crippen LogP contribution in [0, 0.1) is 5.82 Å². The van der Waals surface area contributed by atoms with Gasteiger partial charge in [0.25, 0.3) is 0 Å². The van der Waals surface area contributed by atoms with Crippen molar-refractivity contribution in [2.75, 3.05) is 11.9 Å². The van der Waals surface area contributed by atoms with Crippen LogP contribution >= 0.6 is 0 Å². The zero-order chi connectivity index (χ0) is 15.8. The highest BCUT2D eigenvalue weighted by Gasteiger charge is 2.06. The molecule has 2 rings (SSSR count). The van der Waals surface area contributed by atoms with Gasteiger partial charge >= 0.3 is 0 Å². The van der Waals surface area contributed by atoms with Crippen molar-refractivity contribution in [3.05, 3.63) is 54.1 Å². The molecule has 0 saturated carbocycles. The molecule has 22 heavy (non-hydrogen) atoms. The van der Waals surface area contributed by atoms with E-state index in [0.29, 0.717) is 30.0 Å². The lowest BCUT2D eigenvalue weighted by atomic mass is 10.2. The van der Waals surface area contributed by atoms with E-state index in [2.05, 4.69) is 10.3 Å². The number of aromatic nitrogens is 1. The van der Waals surface area contributed by atoms with Crippen LogP contribution in [0.2, 0.25) is 0 Å². The fraction of sp³-hybridized carbons (Fsp3) is 0.250. The second-order valence-corrected chi connectivity index (χ2v) is 4.65. The predicted molar refractivity (Wildman–Crippen MR) is 79.9 cm³/mol. The van der Waals surface area contributed by atoms with Gasteiger partial charge in [-0.25, -0.2) is 4.39 Å². The fourth-order valence-corrected chi connectivity index (χ4v) is 1.84. The molecular weight excluding hydrogens is 287 g/mol. The predicted octanol–water partition coefficient (Wildman–Crippen LogP) is 2.51. The third kappa shape index (κ3) is 4.82. The van der Waals surface area contributed by atoms with Gasteiger partial charge in [0.15, 0.2) is 0 Å². The van der Waals surface area contributed by atoms with Gasteiger partial charge in [0.05, 0.1) is 25.1 Å². The van der Waals surface area contributed by atoms with Gasteiger partial charge in [0, 0.05) is 18.2 Å². The molecule has 2 N–H and O–H groups in total. The molecule has 1 aromatic carbocycles. The average molecular weight is 304 g/mol. The number of pyridine rings is 1. The number of benzene rings is 1. The van der Waals surface area contributed by atoms with Crippen molar-refractivity contribution in [3.8, 4) is 5.75 Å². The summed E-state index contributed by atoms with van der Waals surface area (Å²) >= 11 is 0. The SMILES string of the molecule is O=C(CCCOc1ccc(F)cc1)Nc1cnccc1CO. The summed E-state index contributed by atoms with van der Waals surface area (Å²) in [7, 11) is 0. The number of hydrogen-bond acceptors (Lipinski definition) is 4. The van der Waals surface area contributed by atoms with E-state index in [1.807, 2.05) is 0 Å². The Morgan fingerprint density at radius 3 is 2.77 bits per heavy atom. The zero-order valence-corrected chi connectivity index (χ0v) is 12.0. The number of aliphatic hydroxyl groups is 1. The van der Waals surface area contributed by atoms with Gasteiger partial charge in [-0.3, -0.25) is 9.78 Å². The lowest BCUT2D eigenvalue weighted by molar-refractivity contribution is -0.116. The highest BCUT2D eigenvalue weighted by molar-refractivity contribution is 5.91. The maximum Gasteiger partial charge on any atom is 0.224 e. The number of halogens is 1. The molecule has 0 spiro atoms. The minimum absolute atomic E-state index is 0.161. The second-order valence-electron chi connectivity index (χ2n) is 4.65. The quantitative estimate of drug-likeness (QED) is 0.771. The number of hydrogen-bond donors (Lipinski definition) is 2. The van der Waals surface area contributed by atoms with Crippen LogP contribution in [0.15, 0.2) is 42.7 Å². The number of nitrogens with zero attached hydrogens (tertiary/aromatic N) is 1. The van der Waals surface area contributed by atoms with E-state index >= 15 is 0 Å². The molecule has 0 aliphatic carbocycles. The molecule has 0 unspecified atom stereocenters. The lowest BCUT2D eigenvalue weighted by Gasteiger charge is -2.09. The summed E-state index contributed by atoms with van der Waals surface area (Å²) in [6.07, 6.45) is 3.86. The van der Waals surface area contributed by atoms with Gasteiger partial charge < -0.3 is 15.2 Å². The maximum atomic E-state index is 12.7. The Morgan fingerprint density at radius 1 is 1.27 bits per heavy atom. The summed E-state index contributed by atoms with van der Waals surface area (Å²) in [4.78, 5) is 15.7. The molecule has 6 heteroatoms. The first-order valence-electron chi connectivity index (χ1n) is 6.91. The number of anilines is 1. The molecule has 1 amide bonds. The molecule has 0 bridgehead atoms. The molecule has 0 aliphatic heterocycles. The third-order valence-corrected chi connectivity index (χ3v) is 2.99. The van der Waals surface area contributed by atoms with Gasteiger partial charge in [-0.05, 0) is 36.8 Å². The summed E-state index contributed by atoms with van der Waals surface area (Å²) in [6, 6.07) is 7.37. The van der Waals surface area contributed by atoms with Gasteiger partial charge in [-0.2, -0.15) is 0 Å². The van der Waals surface area contributed by atoms with Crippen LogP contribution in [0.3, 0.4) is 0 Å². The molecule has 0 radical (unpaired) electrons. The number of carbonyl (C=O) groups is 1. The molecule has 2 aromatic rings. The van der Waals surface area contributed by atoms with E-state index in [1.165, 1.54) is 18.3 Å². The normalized spacial score (nSPS) is 10.3. The Labute approximate surface area is 127 Å². The van der Waals surface area contributed by atoms with Crippen molar-refractivity contribution in [3.63, 3.8) is 0 Å². The smallest absolute Gasteiger partial charge is 0.224 e. The van der Waals surface area contributed by atoms with Crippen molar-refractivity contribution >= 4 is 11.6 Å². The van der Waals surface area contributed by atoms with Crippen LogP contribution in [0.4, 0.5) is 10.1 Å². The third-order valence-electron chi connectivity index (χ3n) is 2.99. The number of nitrogens with one attached hydrogen (secondary N) is 1. The van der Waals surface area contributed by atoms with Gasteiger partial charge in [0.2, 0.25) is 5.91 Å². The Balaban J connectivity index is 1.72. The summed E-state index contributed by atoms with van der Waals surface area (Å²) < 4.78 is 18.1. The van der Waals surface area contributed by atoms with E-state index in [4.69, 9.17) is 9.84 Å². The number of amides is 1. The summed E-state index contributed by atoms with van der Waals surface area (Å²) in [5.41, 5.74) is 1.13. The van der Waals surface area contributed by atoms with Crippen LogP contribution in [-0.4, -0.2) is 22.6 Å². The van der Waals surface area contributed by atoms with Crippen LogP contribution in [-0.2, 0) is 11.4 Å². The Bertz CT molecular complexity index is 617. The Hall–Kier alpha value is -2.47. The molecule has 1 heterocycles. The highest BCUT2D eigenvalue weighted by Crippen LogP contribution is 2.14. The molecule has 5 nitrogen and oxygen atoms in total. The van der Waals surface area contributed by atoms with Crippen molar-refractivity contribution in [2.45, 2.75) is 19.4 Å². The van der Waals surface area contributed by atoms with E-state index in [1.54, 1.807) is 24.4 Å². The van der Waals surface area contributed by atoms with Gasteiger partial charge in [0.1, 0.15) is 11.6 Å². The fourth-order valence-electron chi connectivity index (χ4n) is 1.84. The molecule has 0 aliphatic rings. The minimum atomic E-state index is -0.317. The van der Waals surface area contributed by atoms with Crippen molar-refractivity contribution in [1.82, 2.24) is 4.98 Å². The molecule has 0 atom stereocenters. The number of carbonyl (C=O) groups excluding carboxylic acids is 1. The van der Waals surface area contributed by atoms with Crippen LogP contribution in [0.1, 0.15) is 18.4 Å². The first-order chi connectivity index (χ1) is 10.7. The number of aliphatic hydroxyl groups excluding tert-OH is 1. The Kier molecular flexibility index (Phi) is 5.85. The Morgan fingerprint density at radius 2 is 2.05 bits per heavy atom. The van der Waals surface area contributed by atoms with Crippen LogP contribution in [0.5, 0.6) is 5.75 Å². The maximum absolute atomic E-state index is 12.7. The number of rotatable bonds is 7. The topological polar surface area (TPSA) is 71.5 Å². The van der Waals surface area contributed by atoms with E-state index in [9.17, 15) is 9.18 Å². The van der Waals surface area contributed by atoms with Crippen molar-refractivity contribution in [1.29, 1.82) is 0 Å². The highest BCUT2D eigenvalue weighted by atomic mass is 19.1. The molecule has 0 fully saturated rings. The molecule has 116 valence electrons. The second kappa shape index (κ2) is 8.09. The van der Waals surface area contributed by atoms with Gasteiger partial charge in [-0.15, -0.1) is 0 Å². The van der Waals surface area contributed by atoms with Crippen molar-refractivity contribution in [2.24, 2.45) is 0 Å². The monoisotopic (exact) mass is 304 g/mol. The van der Waals surface area contributed by atoms with Crippen LogP contribution < -0.4 is 10.1 Å². The summed E-state index contributed by atoms with van der Waals surface area (Å²) in [5.74, 6) is 0.0740.